The molecule has 0 saturated heterocycles. The zero-order chi connectivity index (χ0) is 16.8. The molecule has 23 heavy (non-hydrogen) atoms. The first kappa shape index (κ1) is 16.5. The van der Waals surface area contributed by atoms with E-state index < -0.39 is 5.41 Å². The highest BCUT2D eigenvalue weighted by atomic mass is 35.5. The average Bonchev–Trinajstić information content (AvgIpc) is 2.73. The van der Waals surface area contributed by atoms with Crippen LogP contribution < -0.4 is 0 Å². The van der Waals surface area contributed by atoms with Crippen LogP contribution in [0.5, 0.6) is 0 Å². The maximum absolute atomic E-state index is 12.7. The van der Waals surface area contributed by atoms with Crippen LogP contribution in [0.1, 0.15) is 55.7 Å². The Morgan fingerprint density at radius 2 is 1.96 bits per heavy atom. The van der Waals surface area contributed by atoms with Gasteiger partial charge in [0.15, 0.2) is 5.78 Å². The molecule has 0 aliphatic heterocycles. The predicted molar refractivity (Wildman–Crippen MR) is 91.3 cm³/mol. The SMILES string of the molecule is Cc1cc(Cl)cc(CO)c1C1=C(O)C2(CCC(C)CC2)CC1=O. The van der Waals surface area contributed by atoms with Crippen LogP contribution in [0.2, 0.25) is 5.02 Å². The fourth-order valence-corrected chi connectivity index (χ4v) is 4.45. The van der Waals surface area contributed by atoms with Crippen molar-refractivity contribution >= 4 is 23.0 Å². The number of carbonyl (C=O) groups is 1. The van der Waals surface area contributed by atoms with Crippen molar-refractivity contribution in [1.29, 1.82) is 0 Å². The molecule has 2 aliphatic carbocycles. The number of hydrogen-bond acceptors (Lipinski definition) is 3. The molecule has 2 N–H and O–H groups in total. The molecule has 1 fully saturated rings. The van der Waals surface area contributed by atoms with Gasteiger partial charge in [0.2, 0.25) is 0 Å². The topological polar surface area (TPSA) is 57.5 Å². The summed E-state index contributed by atoms with van der Waals surface area (Å²) in [7, 11) is 0. The minimum Gasteiger partial charge on any atom is -0.511 e. The maximum Gasteiger partial charge on any atom is 0.167 e. The van der Waals surface area contributed by atoms with E-state index in [-0.39, 0.29) is 18.1 Å². The predicted octanol–water partition coefficient (Wildman–Crippen LogP) is 4.58. The Hall–Kier alpha value is -1.32. The molecule has 2 aliphatic rings. The molecular formula is C19H23ClO3. The minimum absolute atomic E-state index is 0.0165. The van der Waals surface area contributed by atoms with Gasteiger partial charge >= 0.3 is 0 Å². The van der Waals surface area contributed by atoms with Gasteiger partial charge in [-0.05, 0) is 67.3 Å². The van der Waals surface area contributed by atoms with Crippen LogP contribution in [0, 0.1) is 18.3 Å². The average molecular weight is 335 g/mol. The van der Waals surface area contributed by atoms with Gasteiger partial charge in [-0.15, -0.1) is 0 Å². The molecule has 4 heteroatoms. The van der Waals surface area contributed by atoms with Crippen LogP contribution in [0.25, 0.3) is 5.57 Å². The van der Waals surface area contributed by atoms with E-state index in [1.54, 1.807) is 12.1 Å². The second kappa shape index (κ2) is 5.95. The smallest absolute Gasteiger partial charge is 0.167 e. The van der Waals surface area contributed by atoms with Crippen molar-refractivity contribution in [2.45, 2.75) is 52.6 Å². The molecule has 0 radical (unpaired) electrons. The van der Waals surface area contributed by atoms with Crippen LogP contribution in [-0.2, 0) is 11.4 Å². The van der Waals surface area contributed by atoms with Crippen LogP contribution in [0.4, 0.5) is 0 Å². The number of halogens is 1. The number of rotatable bonds is 2. The van der Waals surface area contributed by atoms with Gasteiger partial charge in [0.25, 0.3) is 0 Å². The number of hydrogen-bond donors (Lipinski definition) is 2. The lowest BCUT2D eigenvalue weighted by molar-refractivity contribution is -0.115. The first-order valence-electron chi connectivity index (χ1n) is 8.25. The van der Waals surface area contributed by atoms with Gasteiger partial charge in [0.05, 0.1) is 12.2 Å². The van der Waals surface area contributed by atoms with Gasteiger partial charge in [-0.3, -0.25) is 4.79 Å². The zero-order valence-electron chi connectivity index (χ0n) is 13.7. The highest BCUT2D eigenvalue weighted by molar-refractivity contribution is 6.31. The van der Waals surface area contributed by atoms with Gasteiger partial charge < -0.3 is 10.2 Å². The van der Waals surface area contributed by atoms with Crippen LogP contribution >= 0.6 is 11.6 Å². The van der Waals surface area contributed by atoms with Crippen molar-refractivity contribution < 1.29 is 15.0 Å². The lowest BCUT2D eigenvalue weighted by atomic mass is 9.69. The Bertz CT molecular complexity index is 682. The number of aryl methyl sites for hydroxylation is 1. The molecule has 0 unspecified atom stereocenters. The summed E-state index contributed by atoms with van der Waals surface area (Å²) in [6.07, 6.45) is 4.18. The number of ketones is 1. The monoisotopic (exact) mass is 334 g/mol. The van der Waals surface area contributed by atoms with E-state index in [2.05, 4.69) is 6.92 Å². The van der Waals surface area contributed by atoms with E-state index in [0.717, 1.165) is 31.2 Å². The number of aliphatic hydroxyl groups excluding tert-OH is 2. The van der Waals surface area contributed by atoms with Gasteiger partial charge in [-0.1, -0.05) is 18.5 Å². The lowest BCUT2D eigenvalue weighted by Crippen LogP contribution is -2.27. The van der Waals surface area contributed by atoms with Gasteiger partial charge in [0, 0.05) is 16.9 Å². The molecule has 3 rings (SSSR count). The summed E-state index contributed by atoms with van der Waals surface area (Å²) < 4.78 is 0. The minimum atomic E-state index is -0.391. The Labute approximate surface area is 142 Å². The number of carbonyl (C=O) groups excluding carboxylic acids is 1. The largest absolute Gasteiger partial charge is 0.511 e. The highest BCUT2D eigenvalue weighted by Gasteiger charge is 2.48. The first-order valence-corrected chi connectivity index (χ1v) is 8.63. The molecule has 124 valence electrons. The summed E-state index contributed by atoms with van der Waals surface area (Å²) in [6.45, 7) is 3.88. The Balaban J connectivity index is 2.12. The normalized spacial score (nSPS) is 28.0. The van der Waals surface area contributed by atoms with Crippen molar-refractivity contribution in [2.24, 2.45) is 11.3 Å². The third kappa shape index (κ3) is 2.70. The lowest BCUT2D eigenvalue weighted by Gasteiger charge is -2.35. The summed E-state index contributed by atoms with van der Waals surface area (Å²) in [5, 5.41) is 21.1. The molecular weight excluding hydrogens is 312 g/mol. The molecule has 1 saturated carbocycles. The summed E-state index contributed by atoms with van der Waals surface area (Å²) in [6, 6.07) is 3.45. The molecule has 1 aromatic carbocycles. The Morgan fingerprint density at radius 1 is 1.30 bits per heavy atom. The van der Waals surface area contributed by atoms with E-state index in [1.165, 1.54) is 0 Å². The standard InChI is InChI=1S/C19H23ClO3/c1-11-3-5-19(6-4-11)9-15(22)17(18(19)23)16-12(2)7-14(20)8-13(16)10-21/h7-8,11,21,23H,3-6,9-10H2,1-2H3. The van der Waals surface area contributed by atoms with Crippen molar-refractivity contribution in [3.05, 3.63) is 39.6 Å². The molecule has 0 aromatic heterocycles. The third-order valence-corrected chi connectivity index (χ3v) is 5.77. The third-order valence-electron chi connectivity index (χ3n) is 5.55. The number of allylic oxidation sites excluding steroid dienone is 2. The van der Waals surface area contributed by atoms with Crippen molar-refractivity contribution in [1.82, 2.24) is 0 Å². The Morgan fingerprint density at radius 3 is 2.57 bits per heavy atom. The second-order valence-corrected chi connectivity index (χ2v) is 7.64. The van der Waals surface area contributed by atoms with Crippen LogP contribution in [0.15, 0.2) is 17.9 Å². The van der Waals surface area contributed by atoms with E-state index in [9.17, 15) is 15.0 Å². The van der Waals surface area contributed by atoms with Crippen LogP contribution in [0.3, 0.4) is 0 Å². The highest BCUT2D eigenvalue weighted by Crippen LogP contribution is 2.53. The number of Topliss-reactive ketones (excluding diaryl/α,β-unsaturated/α-hetero) is 1. The van der Waals surface area contributed by atoms with E-state index in [0.29, 0.717) is 34.1 Å². The molecule has 0 amide bonds. The number of aliphatic hydroxyl groups is 2. The summed E-state index contributed by atoms with van der Waals surface area (Å²) in [4.78, 5) is 12.7. The summed E-state index contributed by atoms with van der Waals surface area (Å²) in [5.74, 6) is 0.865. The van der Waals surface area contributed by atoms with Crippen molar-refractivity contribution in [2.75, 3.05) is 0 Å². The summed E-state index contributed by atoms with van der Waals surface area (Å²) in [5.41, 5.74) is 2.09. The van der Waals surface area contributed by atoms with E-state index in [1.807, 2.05) is 6.92 Å². The molecule has 3 nitrogen and oxygen atoms in total. The maximum atomic E-state index is 12.7. The molecule has 0 bridgehead atoms. The van der Waals surface area contributed by atoms with E-state index in [4.69, 9.17) is 11.6 Å². The Kier molecular flexibility index (Phi) is 4.28. The molecule has 1 aromatic rings. The van der Waals surface area contributed by atoms with Crippen LogP contribution in [-0.4, -0.2) is 16.0 Å². The van der Waals surface area contributed by atoms with Gasteiger partial charge in [-0.2, -0.15) is 0 Å². The number of benzene rings is 1. The zero-order valence-corrected chi connectivity index (χ0v) is 14.4. The van der Waals surface area contributed by atoms with Crippen molar-refractivity contribution in [3.63, 3.8) is 0 Å². The molecule has 0 heterocycles. The summed E-state index contributed by atoms with van der Waals surface area (Å²) >= 11 is 6.06. The van der Waals surface area contributed by atoms with Crippen molar-refractivity contribution in [3.8, 4) is 0 Å². The fraction of sp³-hybridized carbons (Fsp3) is 0.526. The van der Waals surface area contributed by atoms with Gasteiger partial charge in [0.1, 0.15) is 5.76 Å². The quantitative estimate of drug-likeness (QED) is 0.832. The van der Waals surface area contributed by atoms with E-state index >= 15 is 0 Å². The molecule has 1 spiro atoms. The molecule has 0 atom stereocenters. The first-order chi connectivity index (χ1) is 10.9. The second-order valence-electron chi connectivity index (χ2n) is 7.20. The van der Waals surface area contributed by atoms with Gasteiger partial charge in [-0.25, -0.2) is 0 Å². The fourth-order valence-electron chi connectivity index (χ4n) is 4.16.